The summed E-state index contributed by atoms with van der Waals surface area (Å²) in [6.07, 6.45) is -16.9. The molecule has 3 saturated heterocycles. The predicted octanol–water partition coefficient (Wildman–Crippen LogP) is -7.59. The molecule has 19 heteroatoms. The van der Waals surface area contributed by atoms with Crippen LogP contribution in [0.2, 0.25) is 0 Å². The van der Waals surface area contributed by atoms with E-state index in [0.29, 0.717) is 0 Å². The van der Waals surface area contributed by atoms with E-state index in [1.165, 1.54) is 0 Å². The second-order valence-corrected chi connectivity index (χ2v) is 12.7. The quantitative estimate of drug-likeness (QED) is 0.0864. The normalized spacial score (nSPS) is 48.7. The molecule has 3 aliphatic heterocycles. The highest BCUT2D eigenvalue weighted by atomic mass is 16.8. The first-order valence-corrected chi connectivity index (χ1v) is 15.7. The fourth-order valence-electron chi connectivity index (χ4n) is 6.65. The number of hydrogen-bond donors (Lipinski definition) is 13. The van der Waals surface area contributed by atoms with Gasteiger partial charge in [0, 0.05) is 38.3 Å². The third-order valence-electron chi connectivity index (χ3n) is 9.45. The number of aliphatic hydroxyl groups excluding tert-OH is 8. The van der Waals surface area contributed by atoms with E-state index in [1.54, 1.807) is 0 Å². The van der Waals surface area contributed by atoms with Gasteiger partial charge >= 0.3 is 0 Å². The standard InChI is InChI=1S/C27H53N5O14/c28-4-14-13(36)3-12(31)25(41-14)44-22-11(30)2-10(1-9(6-33)7-34)18(37)24(22)46-27-21(40)23(16(8-35)43-27)45-26-17(32)20(39)19(38)15(5-29)42-26/h9-27,33-40H,1-8,28-32H2/t10-,11+,12-,13+,14-,15+,16-,17-,18+,19-,20-,21-,22-,23-,24-,25-,26-,27+/m1/s1. The zero-order valence-electron chi connectivity index (χ0n) is 25.5. The van der Waals surface area contributed by atoms with E-state index in [4.69, 9.17) is 57.1 Å². The molecule has 270 valence electrons. The van der Waals surface area contributed by atoms with Crippen LogP contribution in [0.25, 0.3) is 0 Å². The van der Waals surface area contributed by atoms with E-state index in [9.17, 15) is 40.9 Å². The summed E-state index contributed by atoms with van der Waals surface area (Å²) >= 11 is 0. The fourth-order valence-corrected chi connectivity index (χ4v) is 6.65. The SMILES string of the molecule is NC[C@@H]1O[C@H](O[C@H]2[C@@H](O)[C@H](O[C@@H]3[C@@H](O)[C@H](CC(CO)CO)C[C@H](N)[C@H]3O[C@H]3O[C@H](CN)[C@@H](O)C[C@H]3N)O[C@@H]2CO)[C@H](N)[C@@H](O)[C@@H]1O. The molecule has 0 radical (unpaired) electrons. The first-order chi connectivity index (χ1) is 21.9. The number of hydrogen-bond acceptors (Lipinski definition) is 19. The molecule has 0 spiro atoms. The minimum absolute atomic E-state index is 0.0127. The molecular weight excluding hydrogens is 618 g/mol. The molecule has 4 rings (SSSR count). The van der Waals surface area contributed by atoms with Crippen molar-refractivity contribution < 1.29 is 69.3 Å². The highest BCUT2D eigenvalue weighted by Gasteiger charge is 2.54. The molecule has 46 heavy (non-hydrogen) atoms. The first-order valence-electron chi connectivity index (χ1n) is 15.7. The summed E-state index contributed by atoms with van der Waals surface area (Å²) in [4.78, 5) is 0. The van der Waals surface area contributed by atoms with Gasteiger partial charge in [0.25, 0.3) is 0 Å². The molecule has 0 amide bonds. The highest BCUT2D eigenvalue weighted by molar-refractivity contribution is 5.00. The van der Waals surface area contributed by atoms with Crippen molar-refractivity contribution in [3.63, 3.8) is 0 Å². The third-order valence-corrected chi connectivity index (χ3v) is 9.45. The van der Waals surface area contributed by atoms with Gasteiger partial charge in [-0.2, -0.15) is 0 Å². The van der Waals surface area contributed by atoms with Crippen LogP contribution in [0.5, 0.6) is 0 Å². The molecule has 18 N–H and O–H groups in total. The fraction of sp³-hybridized carbons (Fsp3) is 1.00. The van der Waals surface area contributed by atoms with Crippen molar-refractivity contribution in [1.29, 1.82) is 0 Å². The Kier molecular flexibility index (Phi) is 13.9. The van der Waals surface area contributed by atoms with Crippen LogP contribution < -0.4 is 28.7 Å². The summed E-state index contributed by atoms with van der Waals surface area (Å²) in [5.74, 6) is -1.14. The predicted molar refractivity (Wildman–Crippen MR) is 155 cm³/mol. The van der Waals surface area contributed by atoms with Gasteiger partial charge < -0.3 is 97.9 Å². The minimum Gasteiger partial charge on any atom is -0.396 e. The van der Waals surface area contributed by atoms with Crippen molar-refractivity contribution in [2.24, 2.45) is 40.5 Å². The molecule has 0 aromatic heterocycles. The number of rotatable bonds is 13. The largest absolute Gasteiger partial charge is 0.396 e. The van der Waals surface area contributed by atoms with Crippen molar-refractivity contribution in [2.45, 2.75) is 123 Å². The second-order valence-electron chi connectivity index (χ2n) is 12.7. The lowest BCUT2D eigenvalue weighted by atomic mass is 9.75. The van der Waals surface area contributed by atoms with Crippen molar-refractivity contribution in [1.82, 2.24) is 0 Å². The molecule has 18 atom stereocenters. The topological polar surface area (TPSA) is 347 Å². The maximum atomic E-state index is 11.6. The lowest BCUT2D eigenvalue weighted by Gasteiger charge is -2.47. The first kappa shape index (κ1) is 38.0. The smallest absolute Gasteiger partial charge is 0.187 e. The Morgan fingerprint density at radius 1 is 0.609 bits per heavy atom. The molecule has 0 aromatic carbocycles. The van der Waals surface area contributed by atoms with Crippen LogP contribution in [-0.4, -0.2) is 178 Å². The Balaban J connectivity index is 1.54. The number of nitrogens with two attached hydrogens (primary N) is 5. The van der Waals surface area contributed by atoms with Crippen molar-refractivity contribution in [2.75, 3.05) is 32.9 Å². The molecule has 0 unspecified atom stereocenters. The Morgan fingerprint density at radius 2 is 1.20 bits per heavy atom. The van der Waals surface area contributed by atoms with Gasteiger partial charge in [0.2, 0.25) is 0 Å². The Bertz CT molecular complexity index is 928. The Hall–Kier alpha value is -0.760. The molecular formula is C27H53N5O14. The summed E-state index contributed by atoms with van der Waals surface area (Å²) in [6, 6.07) is -2.84. The van der Waals surface area contributed by atoms with Crippen molar-refractivity contribution >= 4 is 0 Å². The maximum Gasteiger partial charge on any atom is 0.187 e. The lowest BCUT2D eigenvalue weighted by molar-refractivity contribution is -0.299. The molecule has 3 heterocycles. The highest BCUT2D eigenvalue weighted by Crippen LogP contribution is 2.38. The van der Waals surface area contributed by atoms with E-state index in [0.717, 1.165) is 0 Å². The average Bonchev–Trinajstić information content (AvgIpc) is 3.34. The summed E-state index contributed by atoms with van der Waals surface area (Å²) in [6.45, 7) is -1.50. The summed E-state index contributed by atoms with van der Waals surface area (Å²) < 4.78 is 35.4. The van der Waals surface area contributed by atoms with E-state index >= 15 is 0 Å². The van der Waals surface area contributed by atoms with E-state index in [2.05, 4.69) is 0 Å². The molecule has 0 bridgehead atoms. The van der Waals surface area contributed by atoms with Gasteiger partial charge in [0.15, 0.2) is 18.9 Å². The molecule has 1 aliphatic carbocycles. The molecule has 1 saturated carbocycles. The summed E-state index contributed by atoms with van der Waals surface area (Å²) in [7, 11) is 0. The zero-order valence-corrected chi connectivity index (χ0v) is 25.5. The van der Waals surface area contributed by atoms with Gasteiger partial charge in [-0.1, -0.05) is 0 Å². The Labute approximate surface area is 266 Å². The molecule has 0 aromatic rings. The monoisotopic (exact) mass is 671 g/mol. The summed E-state index contributed by atoms with van der Waals surface area (Å²) in [5, 5.41) is 83.1. The second kappa shape index (κ2) is 16.8. The van der Waals surface area contributed by atoms with E-state index < -0.39 is 123 Å². The van der Waals surface area contributed by atoms with Crippen LogP contribution in [0.4, 0.5) is 0 Å². The Morgan fingerprint density at radius 3 is 1.80 bits per heavy atom. The van der Waals surface area contributed by atoms with Gasteiger partial charge in [-0.3, -0.25) is 0 Å². The summed E-state index contributed by atoms with van der Waals surface area (Å²) in [5.41, 5.74) is 30.2. The van der Waals surface area contributed by atoms with E-state index in [1.807, 2.05) is 0 Å². The van der Waals surface area contributed by atoms with Gasteiger partial charge in [0.05, 0.1) is 37.0 Å². The lowest BCUT2D eigenvalue weighted by Crippen LogP contribution is -2.64. The molecule has 4 aliphatic rings. The molecule has 4 fully saturated rings. The van der Waals surface area contributed by atoms with E-state index in [-0.39, 0.29) is 45.6 Å². The van der Waals surface area contributed by atoms with Gasteiger partial charge in [0.1, 0.15) is 48.8 Å². The van der Waals surface area contributed by atoms with Gasteiger partial charge in [-0.15, -0.1) is 0 Å². The maximum absolute atomic E-state index is 11.6. The van der Waals surface area contributed by atoms with Crippen LogP contribution in [0.3, 0.4) is 0 Å². The van der Waals surface area contributed by atoms with Gasteiger partial charge in [-0.05, 0) is 25.2 Å². The van der Waals surface area contributed by atoms with Gasteiger partial charge in [-0.25, -0.2) is 0 Å². The third kappa shape index (κ3) is 8.16. The minimum atomic E-state index is -1.61. The van der Waals surface area contributed by atoms with Crippen LogP contribution in [0, 0.1) is 11.8 Å². The number of aliphatic hydroxyl groups is 8. The van der Waals surface area contributed by atoms with Crippen molar-refractivity contribution in [3.8, 4) is 0 Å². The van der Waals surface area contributed by atoms with Crippen LogP contribution in [0.15, 0.2) is 0 Å². The van der Waals surface area contributed by atoms with Crippen molar-refractivity contribution in [3.05, 3.63) is 0 Å². The van der Waals surface area contributed by atoms with Crippen LogP contribution in [0.1, 0.15) is 19.3 Å². The average molecular weight is 672 g/mol. The van der Waals surface area contributed by atoms with Crippen LogP contribution >= 0.6 is 0 Å². The number of ether oxygens (including phenoxy) is 6. The zero-order chi connectivity index (χ0) is 33.9. The molecule has 19 nitrogen and oxygen atoms in total. The van der Waals surface area contributed by atoms with Crippen LogP contribution in [-0.2, 0) is 28.4 Å².